The highest BCUT2D eigenvalue weighted by atomic mass is 16.6. The van der Waals surface area contributed by atoms with Crippen LogP contribution in [0.3, 0.4) is 0 Å². The molecule has 0 saturated carbocycles. The number of benzene rings is 2. The van der Waals surface area contributed by atoms with E-state index in [2.05, 4.69) is 0 Å². The van der Waals surface area contributed by atoms with Crippen molar-refractivity contribution < 1.29 is 18.9 Å². The predicted octanol–water partition coefficient (Wildman–Crippen LogP) is 4.27. The lowest BCUT2D eigenvalue weighted by Crippen LogP contribution is -2.45. The summed E-state index contributed by atoms with van der Waals surface area (Å²) < 4.78 is 5.42. The molecule has 3 rings (SSSR count). The Balaban J connectivity index is 1.81. The van der Waals surface area contributed by atoms with Gasteiger partial charge in [-0.15, -0.1) is 0 Å². The van der Waals surface area contributed by atoms with Crippen molar-refractivity contribution in [1.29, 1.82) is 0 Å². The summed E-state index contributed by atoms with van der Waals surface area (Å²) in [4.78, 5) is 40.0. The second-order valence-corrected chi connectivity index (χ2v) is 7.65. The van der Waals surface area contributed by atoms with Crippen LogP contribution in [0.5, 0.6) is 0 Å². The third-order valence-electron chi connectivity index (χ3n) is 4.99. The number of carbonyl (C=O) groups excluding carboxylic acids is 2. The number of hydrogen-bond donors (Lipinski definition) is 0. The Hall–Kier alpha value is -3.94. The van der Waals surface area contributed by atoms with Gasteiger partial charge in [-0.05, 0) is 37.6 Å². The third-order valence-corrected chi connectivity index (χ3v) is 4.99. The highest BCUT2D eigenvalue weighted by Crippen LogP contribution is 2.17. The van der Waals surface area contributed by atoms with E-state index in [-0.39, 0.29) is 36.3 Å². The fraction of sp³-hybridized carbons (Fsp3) is 0.250. The van der Waals surface area contributed by atoms with E-state index in [1.54, 1.807) is 37.1 Å². The molecule has 1 heterocycles. The minimum atomic E-state index is -0.549. The molecule has 0 aliphatic rings. The standard InChI is InChI=1S/C24H25N3O5/c1-18(2)26(24(29)20-10-6-11-21(14-20)27(30)31)17-23(28)25(16-22-12-7-13-32-22)15-19-8-4-3-5-9-19/h3-14,18H,15-17H2,1-2H3. The number of amides is 2. The molecule has 0 unspecified atom stereocenters. The van der Waals surface area contributed by atoms with Crippen LogP contribution in [0, 0.1) is 10.1 Å². The number of nitrogens with zero attached hydrogens (tertiary/aromatic N) is 3. The largest absolute Gasteiger partial charge is 0.467 e. The molecule has 0 bridgehead atoms. The normalized spacial score (nSPS) is 10.7. The van der Waals surface area contributed by atoms with Gasteiger partial charge in [-0.2, -0.15) is 0 Å². The first-order valence-electron chi connectivity index (χ1n) is 10.2. The van der Waals surface area contributed by atoms with Gasteiger partial charge in [-0.1, -0.05) is 36.4 Å². The molecule has 8 nitrogen and oxygen atoms in total. The Kier molecular flexibility index (Phi) is 7.38. The van der Waals surface area contributed by atoms with Crippen LogP contribution in [0.25, 0.3) is 0 Å². The number of carbonyl (C=O) groups is 2. The quantitative estimate of drug-likeness (QED) is 0.369. The minimum Gasteiger partial charge on any atom is -0.467 e. The number of furan rings is 1. The molecule has 8 heteroatoms. The van der Waals surface area contributed by atoms with Crippen LogP contribution < -0.4 is 0 Å². The number of hydrogen-bond acceptors (Lipinski definition) is 5. The van der Waals surface area contributed by atoms with Crippen molar-refractivity contribution in [3.05, 3.63) is 100.0 Å². The SMILES string of the molecule is CC(C)N(CC(=O)N(Cc1ccccc1)Cc1ccco1)C(=O)c1cccc([N+](=O)[O-])c1. The smallest absolute Gasteiger partial charge is 0.270 e. The number of rotatable bonds is 9. The Labute approximate surface area is 186 Å². The molecular formula is C24H25N3O5. The molecule has 32 heavy (non-hydrogen) atoms. The average Bonchev–Trinajstić information content (AvgIpc) is 3.30. The maximum atomic E-state index is 13.3. The molecule has 0 saturated heterocycles. The third kappa shape index (κ3) is 5.81. The van der Waals surface area contributed by atoms with E-state index in [1.165, 1.54) is 29.2 Å². The monoisotopic (exact) mass is 435 g/mol. The van der Waals surface area contributed by atoms with Crippen molar-refractivity contribution in [3.63, 3.8) is 0 Å². The molecule has 166 valence electrons. The summed E-state index contributed by atoms with van der Waals surface area (Å²) >= 11 is 0. The molecule has 2 amide bonds. The van der Waals surface area contributed by atoms with E-state index < -0.39 is 10.8 Å². The topological polar surface area (TPSA) is 96.9 Å². The second kappa shape index (κ2) is 10.4. The summed E-state index contributed by atoms with van der Waals surface area (Å²) in [6.07, 6.45) is 1.55. The maximum absolute atomic E-state index is 13.3. The van der Waals surface area contributed by atoms with Gasteiger partial charge >= 0.3 is 0 Å². The van der Waals surface area contributed by atoms with Crippen LogP contribution in [-0.4, -0.2) is 39.1 Å². The van der Waals surface area contributed by atoms with Gasteiger partial charge in [0.25, 0.3) is 11.6 Å². The maximum Gasteiger partial charge on any atom is 0.270 e. The van der Waals surface area contributed by atoms with Gasteiger partial charge in [0.2, 0.25) is 5.91 Å². The van der Waals surface area contributed by atoms with Crippen LogP contribution in [0.1, 0.15) is 35.5 Å². The van der Waals surface area contributed by atoms with E-state index in [9.17, 15) is 19.7 Å². The van der Waals surface area contributed by atoms with Crippen molar-refractivity contribution in [3.8, 4) is 0 Å². The van der Waals surface area contributed by atoms with Gasteiger partial charge in [0, 0.05) is 30.3 Å². The molecule has 0 N–H and O–H groups in total. The van der Waals surface area contributed by atoms with Crippen LogP contribution >= 0.6 is 0 Å². The second-order valence-electron chi connectivity index (χ2n) is 7.65. The molecule has 0 aliphatic carbocycles. The molecule has 0 radical (unpaired) electrons. The minimum absolute atomic E-state index is 0.160. The van der Waals surface area contributed by atoms with Gasteiger partial charge in [0.1, 0.15) is 12.3 Å². The fourth-order valence-corrected chi connectivity index (χ4v) is 3.28. The highest BCUT2D eigenvalue weighted by molar-refractivity contribution is 5.97. The molecule has 0 aliphatic heterocycles. The van der Waals surface area contributed by atoms with E-state index in [0.29, 0.717) is 12.3 Å². The average molecular weight is 435 g/mol. The Morgan fingerprint density at radius 3 is 2.38 bits per heavy atom. The van der Waals surface area contributed by atoms with Crippen molar-refractivity contribution in [1.82, 2.24) is 9.80 Å². The van der Waals surface area contributed by atoms with E-state index in [0.717, 1.165) is 5.56 Å². The Morgan fingerprint density at radius 1 is 1.00 bits per heavy atom. The van der Waals surface area contributed by atoms with Gasteiger partial charge in [0.15, 0.2) is 0 Å². The van der Waals surface area contributed by atoms with E-state index >= 15 is 0 Å². The fourth-order valence-electron chi connectivity index (χ4n) is 3.28. The van der Waals surface area contributed by atoms with Crippen molar-refractivity contribution >= 4 is 17.5 Å². The molecule has 0 spiro atoms. The summed E-state index contributed by atoms with van der Waals surface area (Å²) in [5, 5.41) is 11.1. The summed E-state index contributed by atoms with van der Waals surface area (Å²) in [5.74, 6) is -0.0529. The molecule has 3 aromatic rings. The first-order valence-corrected chi connectivity index (χ1v) is 10.2. The zero-order valence-electron chi connectivity index (χ0n) is 18.0. The number of non-ortho nitro benzene ring substituents is 1. The Morgan fingerprint density at radius 2 is 1.75 bits per heavy atom. The summed E-state index contributed by atoms with van der Waals surface area (Å²) in [7, 11) is 0. The van der Waals surface area contributed by atoms with Crippen LogP contribution in [0.15, 0.2) is 77.4 Å². The van der Waals surface area contributed by atoms with Crippen molar-refractivity contribution in [2.45, 2.75) is 33.0 Å². The molecule has 2 aromatic carbocycles. The lowest BCUT2D eigenvalue weighted by atomic mass is 10.1. The van der Waals surface area contributed by atoms with Gasteiger partial charge in [-0.3, -0.25) is 19.7 Å². The summed E-state index contributed by atoms with van der Waals surface area (Å²) in [6, 6.07) is 18.4. The Bertz CT molecular complexity index is 1060. The van der Waals surface area contributed by atoms with Crippen LogP contribution in [0.4, 0.5) is 5.69 Å². The lowest BCUT2D eigenvalue weighted by molar-refractivity contribution is -0.384. The summed E-state index contributed by atoms with van der Waals surface area (Å²) in [6.45, 7) is 4.06. The zero-order chi connectivity index (χ0) is 23.1. The molecule has 0 atom stereocenters. The summed E-state index contributed by atoms with van der Waals surface area (Å²) in [5.41, 5.74) is 0.948. The van der Waals surface area contributed by atoms with E-state index in [4.69, 9.17) is 4.42 Å². The lowest BCUT2D eigenvalue weighted by Gasteiger charge is -2.30. The van der Waals surface area contributed by atoms with Crippen LogP contribution in [0.2, 0.25) is 0 Å². The molecule has 0 fully saturated rings. The zero-order valence-corrected chi connectivity index (χ0v) is 18.0. The van der Waals surface area contributed by atoms with Gasteiger partial charge < -0.3 is 14.2 Å². The predicted molar refractivity (Wildman–Crippen MR) is 119 cm³/mol. The number of nitro groups is 1. The van der Waals surface area contributed by atoms with E-state index in [1.807, 2.05) is 30.3 Å². The van der Waals surface area contributed by atoms with Crippen molar-refractivity contribution in [2.75, 3.05) is 6.54 Å². The van der Waals surface area contributed by atoms with Crippen LogP contribution in [-0.2, 0) is 17.9 Å². The van der Waals surface area contributed by atoms with Gasteiger partial charge in [0.05, 0.1) is 17.7 Å². The van der Waals surface area contributed by atoms with Gasteiger partial charge in [-0.25, -0.2) is 0 Å². The highest BCUT2D eigenvalue weighted by Gasteiger charge is 2.26. The first-order chi connectivity index (χ1) is 15.3. The molecule has 1 aromatic heterocycles. The first kappa shape index (κ1) is 22.7. The van der Waals surface area contributed by atoms with Crippen molar-refractivity contribution in [2.24, 2.45) is 0 Å². The number of nitro benzene ring substituents is 1. The molecular weight excluding hydrogens is 410 g/mol.